The Bertz CT molecular complexity index is 467. The largest absolute Gasteiger partial charge is 0.318 e. The third-order valence-electron chi connectivity index (χ3n) is 2.51. The van der Waals surface area contributed by atoms with Crippen molar-refractivity contribution < 1.29 is 8.42 Å². The van der Waals surface area contributed by atoms with Crippen molar-refractivity contribution in [3.05, 3.63) is 11.9 Å². The number of anilines is 1. The molecule has 0 bridgehead atoms. The summed E-state index contributed by atoms with van der Waals surface area (Å²) in [6.07, 6.45) is 2.38. The van der Waals surface area contributed by atoms with Crippen molar-refractivity contribution in [2.75, 3.05) is 18.3 Å². The first-order chi connectivity index (χ1) is 7.90. The highest BCUT2D eigenvalue weighted by Crippen LogP contribution is 2.16. The highest BCUT2D eigenvalue weighted by molar-refractivity contribution is 7.93. The molecule has 0 aliphatic rings. The van der Waals surface area contributed by atoms with Gasteiger partial charge in [-0.2, -0.15) is 5.10 Å². The molecule has 1 unspecified atom stereocenters. The average Bonchev–Trinajstić information content (AvgIpc) is 2.58. The molecule has 0 saturated carbocycles. The van der Waals surface area contributed by atoms with Gasteiger partial charge in [-0.15, -0.1) is 0 Å². The van der Waals surface area contributed by atoms with Crippen molar-refractivity contribution in [3.8, 4) is 0 Å². The standard InChI is InChI=1S/C10H20N4O2S/c1-5-9-10(7-14(4)12-9)13-17(15,16)8(2)6-11-3/h7-8,11,13H,5-6H2,1-4H3. The van der Waals surface area contributed by atoms with E-state index in [1.807, 2.05) is 6.92 Å². The number of sulfonamides is 1. The lowest BCUT2D eigenvalue weighted by Gasteiger charge is -2.13. The molecular weight excluding hydrogens is 240 g/mol. The molecule has 0 spiro atoms. The molecule has 0 radical (unpaired) electrons. The maximum absolute atomic E-state index is 12.0. The second kappa shape index (κ2) is 5.50. The fourth-order valence-corrected chi connectivity index (χ4v) is 2.60. The molecule has 0 fully saturated rings. The van der Waals surface area contributed by atoms with Crippen LogP contribution < -0.4 is 10.0 Å². The number of aryl methyl sites for hydroxylation is 2. The molecular formula is C10H20N4O2S. The Morgan fingerprint density at radius 3 is 2.71 bits per heavy atom. The van der Waals surface area contributed by atoms with Crippen molar-refractivity contribution in [1.29, 1.82) is 0 Å². The summed E-state index contributed by atoms with van der Waals surface area (Å²) in [5.74, 6) is 0. The maximum Gasteiger partial charge on any atom is 0.236 e. The third-order valence-corrected chi connectivity index (χ3v) is 4.24. The molecule has 6 nitrogen and oxygen atoms in total. The zero-order valence-corrected chi connectivity index (χ0v) is 11.5. The van der Waals surface area contributed by atoms with Crippen LogP contribution in [0.2, 0.25) is 0 Å². The molecule has 7 heteroatoms. The van der Waals surface area contributed by atoms with E-state index in [9.17, 15) is 8.42 Å². The predicted molar refractivity (Wildman–Crippen MR) is 68.5 cm³/mol. The average molecular weight is 260 g/mol. The van der Waals surface area contributed by atoms with Crippen LogP contribution in [0.15, 0.2) is 6.20 Å². The quantitative estimate of drug-likeness (QED) is 0.773. The number of hydrogen-bond acceptors (Lipinski definition) is 4. The number of aromatic nitrogens is 2. The lowest BCUT2D eigenvalue weighted by Crippen LogP contribution is -2.33. The zero-order valence-electron chi connectivity index (χ0n) is 10.7. The summed E-state index contributed by atoms with van der Waals surface area (Å²) in [5.41, 5.74) is 1.32. The van der Waals surface area contributed by atoms with E-state index in [4.69, 9.17) is 0 Å². The van der Waals surface area contributed by atoms with E-state index in [0.717, 1.165) is 5.69 Å². The molecule has 1 aromatic rings. The second-order valence-electron chi connectivity index (χ2n) is 4.03. The molecule has 1 atom stereocenters. The number of nitrogens with zero attached hydrogens (tertiary/aromatic N) is 2. The summed E-state index contributed by atoms with van der Waals surface area (Å²) < 4.78 is 28.2. The highest BCUT2D eigenvalue weighted by Gasteiger charge is 2.21. The predicted octanol–water partition coefficient (Wildman–Crippen LogP) is 0.332. The van der Waals surface area contributed by atoms with Gasteiger partial charge >= 0.3 is 0 Å². The molecule has 2 N–H and O–H groups in total. The van der Waals surface area contributed by atoms with Crippen LogP contribution in [0.3, 0.4) is 0 Å². The van der Waals surface area contributed by atoms with Crippen LogP contribution in [0.25, 0.3) is 0 Å². The van der Waals surface area contributed by atoms with Crippen LogP contribution in [-0.2, 0) is 23.5 Å². The fraction of sp³-hybridized carbons (Fsp3) is 0.700. The molecule has 1 rings (SSSR count). The van der Waals surface area contributed by atoms with E-state index in [0.29, 0.717) is 18.7 Å². The van der Waals surface area contributed by atoms with Crippen LogP contribution in [0.1, 0.15) is 19.5 Å². The molecule has 0 aliphatic carbocycles. The summed E-state index contributed by atoms with van der Waals surface area (Å²) in [7, 11) is 0.141. The number of hydrogen-bond donors (Lipinski definition) is 2. The van der Waals surface area contributed by atoms with E-state index in [1.165, 1.54) is 0 Å². The van der Waals surface area contributed by atoms with Gasteiger partial charge in [0.15, 0.2) is 0 Å². The topological polar surface area (TPSA) is 76.0 Å². The Balaban J connectivity index is 2.89. The Hall–Kier alpha value is -1.08. The maximum atomic E-state index is 12.0. The van der Waals surface area contributed by atoms with Crippen molar-refractivity contribution >= 4 is 15.7 Å². The van der Waals surface area contributed by atoms with E-state index >= 15 is 0 Å². The Labute approximate surface area is 102 Å². The van der Waals surface area contributed by atoms with Crippen molar-refractivity contribution in [1.82, 2.24) is 15.1 Å². The first-order valence-corrected chi connectivity index (χ1v) is 7.14. The second-order valence-corrected chi connectivity index (χ2v) is 6.13. The SMILES string of the molecule is CCc1nn(C)cc1NS(=O)(=O)C(C)CNC. The van der Waals surface area contributed by atoms with Gasteiger partial charge in [0, 0.05) is 19.8 Å². The van der Waals surface area contributed by atoms with Crippen molar-refractivity contribution in [2.24, 2.45) is 7.05 Å². The van der Waals surface area contributed by atoms with Gasteiger partial charge in [0.05, 0.1) is 16.6 Å². The molecule has 1 aromatic heterocycles. The van der Waals surface area contributed by atoms with Gasteiger partial charge in [0.1, 0.15) is 0 Å². The molecule has 0 aromatic carbocycles. The Kier molecular flexibility index (Phi) is 4.53. The van der Waals surface area contributed by atoms with Gasteiger partial charge in [0.25, 0.3) is 0 Å². The van der Waals surface area contributed by atoms with Gasteiger partial charge < -0.3 is 5.32 Å². The van der Waals surface area contributed by atoms with Gasteiger partial charge in [-0.25, -0.2) is 8.42 Å². The van der Waals surface area contributed by atoms with Crippen LogP contribution in [0.4, 0.5) is 5.69 Å². The van der Waals surface area contributed by atoms with Crippen LogP contribution in [0, 0.1) is 0 Å². The third kappa shape index (κ3) is 3.44. The van der Waals surface area contributed by atoms with Crippen molar-refractivity contribution in [2.45, 2.75) is 25.5 Å². The van der Waals surface area contributed by atoms with Crippen molar-refractivity contribution in [3.63, 3.8) is 0 Å². The monoisotopic (exact) mass is 260 g/mol. The molecule has 0 aliphatic heterocycles. The smallest absolute Gasteiger partial charge is 0.236 e. The summed E-state index contributed by atoms with van der Waals surface area (Å²) in [6.45, 7) is 4.02. The van der Waals surface area contributed by atoms with E-state index in [1.54, 1.807) is 31.9 Å². The summed E-state index contributed by atoms with van der Waals surface area (Å²) in [6, 6.07) is 0. The van der Waals surface area contributed by atoms with Gasteiger partial charge in [-0.3, -0.25) is 9.40 Å². The first kappa shape index (κ1) is 14.0. The Morgan fingerprint density at radius 2 is 2.18 bits per heavy atom. The normalized spacial score (nSPS) is 13.6. The van der Waals surface area contributed by atoms with E-state index in [-0.39, 0.29) is 0 Å². The van der Waals surface area contributed by atoms with Crippen LogP contribution in [0.5, 0.6) is 0 Å². The number of nitrogens with one attached hydrogen (secondary N) is 2. The fourth-order valence-electron chi connectivity index (χ4n) is 1.53. The molecule has 17 heavy (non-hydrogen) atoms. The highest BCUT2D eigenvalue weighted by atomic mass is 32.2. The molecule has 1 heterocycles. The van der Waals surface area contributed by atoms with Gasteiger partial charge in [0.2, 0.25) is 10.0 Å². The number of rotatable bonds is 6. The zero-order chi connectivity index (χ0) is 13.1. The summed E-state index contributed by atoms with van der Waals surface area (Å²) in [4.78, 5) is 0. The van der Waals surface area contributed by atoms with Gasteiger partial charge in [-0.1, -0.05) is 6.92 Å². The molecule has 0 saturated heterocycles. The van der Waals surface area contributed by atoms with Crippen LogP contribution in [-0.4, -0.2) is 37.0 Å². The minimum Gasteiger partial charge on any atom is -0.318 e. The van der Waals surface area contributed by atoms with Gasteiger partial charge in [-0.05, 0) is 20.4 Å². The Morgan fingerprint density at radius 1 is 1.53 bits per heavy atom. The molecule has 0 amide bonds. The summed E-state index contributed by atoms with van der Waals surface area (Å²) in [5, 5.41) is 6.56. The molecule has 98 valence electrons. The van der Waals surface area contributed by atoms with E-state index in [2.05, 4.69) is 15.1 Å². The van der Waals surface area contributed by atoms with Crippen LogP contribution >= 0.6 is 0 Å². The lowest BCUT2D eigenvalue weighted by molar-refractivity contribution is 0.583. The summed E-state index contributed by atoms with van der Waals surface area (Å²) >= 11 is 0. The lowest BCUT2D eigenvalue weighted by atomic mass is 10.3. The minimum absolute atomic E-state index is 0.414. The minimum atomic E-state index is -3.36. The van der Waals surface area contributed by atoms with E-state index < -0.39 is 15.3 Å². The first-order valence-electron chi connectivity index (χ1n) is 5.59.